The summed E-state index contributed by atoms with van der Waals surface area (Å²) in [7, 11) is 0. The lowest BCUT2D eigenvalue weighted by atomic mass is 10.1. The van der Waals surface area contributed by atoms with E-state index in [0.29, 0.717) is 6.26 Å². The number of rotatable bonds is 6. The van der Waals surface area contributed by atoms with E-state index in [4.69, 9.17) is 0 Å². The van der Waals surface area contributed by atoms with Crippen LogP contribution in [-0.2, 0) is 4.74 Å². The van der Waals surface area contributed by atoms with Gasteiger partial charge in [-0.05, 0) is 0 Å². The molecule has 0 aromatic heterocycles. The van der Waals surface area contributed by atoms with Crippen LogP contribution >= 0.6 is 0 Å². The molecule has 0 aromatic carbocycles. The Morgan fingerprint density at radius 1 is 1.23 bits per heavy atom. The quantitative estimate of drug-likeness (QED) is 0.477. The fourth-order valence-electron chi connectivity index (χ4n) is 0.702. The molecule has 6 heteroatoms. The summed E-state index contributed by atoms with van der Waals surface area (Å²) < 4.78 is 64.2. The molecule has 0 rings (SSSR count). The van der Waals surface area contributed by atoms with Gasteiger partial charge in [0.1, 0.15) is 6.67 Å². The van der Waals surface area contributed by atoms with Crippen LogP contribution in [0.3, 0.4) is 0 Å². The fraction of sp³-hybridized carbons (Fsp3) is 0.714. The average molecular weight is 204 g/mol. The maximum atomic E-state index is 12.5. The summed E-state index contributed by atoms with van der Waals surface area (Å²) in [5, 5.41) is 0. The van der Waals surface area contributed by atoms with Gasteiger partial charge in [0, 0.05) is 0 Å². The molecule has 0 aliphatic heterocycles. The minimum Gasteiger partial charge on any atom is -0.492 e. The largest absolute Gasteiger partial charge is 0.492 e. The van der Waals surface area contributed by atoms with E-state index in [0.717, 1.165) is 0 Å². The van der Waals surface area contributed by atoms with Crippen molar-refractivity contribution in [2.45, 2.75) is 24.9 Å². The van der Waals surface area contributed by atoms with Crippen molar-refractivity contribution in [1.29, 1.82) is 0 Å². The third-order valence-electron chi connectivity index (χ3n) is 1.31. The van der Waals surface area contributed by atoms with Gasteiger partial charge in [0.25, 0.3) is 6.43 Å². The lowest BCUT2D eigenvalue weighted by Crippen LogP contribution is -2.39. The normalized spacial score (nSPS) is 18.0. The monoisotopic (exact) mass is 204 g/mol. The summed E-state index contributed by atoms with van der Waals surface area (Å²) in [6.45, 7) is 1.36. The predicted molar refractivity (Wildman–Crippen MR) is 36.8 cm³/mol. The minimum atomic E-state index is -3.41. The van der Waals surface area contributed by atoms with Gasteiger partial charge in [0.2, 0.25) is 0 Å². The first-order valence-electron chi connectivity index (χ1n) is 3.43. The molecule has 0 spiro atoms. The van der Waals surface area contributed by atoms with Crippen molar-refractivity contribution in [2.75, 3.05) is 6.67 Å². The standard InChI is InChI=1S/C7H9F5O/c1-2-13-6(4(9)3-8)5(10)7(11)12/h2,4-7H,1,3H2. The van der Waals surface area contributed by atoms with Crippen molar-refractivity contribution in [1.82, 2.24) is 0 Å². The van der Waals surface area contributed by atoms with Crippen LogP contribution in [0.5, 0.6) is 0 Å². The van der Waals surface area contributed by atoms with Crippen LogP contribution in [0.15, 0.2) is 12.8 Å². The second-order valence-corrected chi connectivity index (χ2v) is 2.22. The Hall–Kier alpha value is -0.810. The molecular formula is C7H9F5O. The van der Waals surface area contributed by atoms with Gasteiger partial charge in [-0.25, -0.2) is 22.0 Å². The molecule has 0 aromatic rings. The van der Waals surface area contributed by atoms with E-state index in [1.807, 2.05) is 0 Å². The number of ether oxygens (including phenoxy) is 1. The third-order valence-corrected chi connectivity index (χ3v) is 1.31. The number of hydrogen-bond acceptors (Lipinski definition) is 1. The summed E-state index contributed by atoms with van der Waals surface area (Å²) in [4.78, 5) is 0. The van der Waals surface area contributed by atoms with Crippen LogP contribution in [0.2, 0.25) is 0 Å². The first kappa shape index (κ1) is 12.2. The number of alkyl halides is 5. The zero-order valence-electron chi connectivity index (χ0n) is 6.60. The van der Waals surface area contributed by atoms with Gasteiger partial charge in [0.15, 0.2) is 18.4 Å². The second-order valence-electron chi connectivity index (χ2n) is 2.22. The minimum absolute atomic E-state index is 0.599. The molecule has 0 N–H and O–H groups in total. The van der Waals surface area contributed by atoms with E-state index in [-0.39, 0.29) is 0 Å². The molecule has 78 valence electrons. The fourth-order valence-corrected chi connectivity index (χ4v) is 0.702. The molecule has 0 saturated carbocycles. The highest BCUT2D eigenvalue weighted by molar-refractivity contribution is 4.81. The van der Waals surface area contributed by atoms with E-state index in [1.165, 1.54) is 0 Å². The van der Waals surface area contributed by atoms with Gasteiger partial charge in [-0.2, -0.15) is 0 Å². The molecule has 0 aliphatic carbocycles. The molecule has 0 radical (unpaired) electrons. The molecule has 0 heterocycles. The summed E-state index contributed by atoms with van der Waals surface area (Å²) in [5.74, 6) is 0. The van der Waals surface area contributed by atoms with Gasteiger partial charge >= 0.3 is 0 Å². The molecule has 0 fully saturated rings. The van der Waals surface area contributed by atoms with Crippen LogP contribution in [0.25, 0.3) is 0 Å². The third kappa shape index (κ3) is 3.61. The molecule has 0 saturated heterocycles. The van der Waals surface area contributed by atoms with E-state index in [1.54, 1.807) is 0 Å². The van der Waals surface area contributed by atoms with E-state index in [9.17, 15) is 22.0 Å². The van der Waals surface area contributed by atoms with Gasteiger partial charge in [-0.1, -0.05) is 6.58 Å². The number of halogens is 5. The van der Waals surface area contributed by atoms with Crippen molar-refractivity contribution in [3.8, 4) is 0 Å². The van der Waals surface area contributed by atoms with E-state index >= 15 is 0 Å². The summed E-state index contributed by atoms with van der Waals surface area (Å²) in [6.07, 6.45) is -10.2. The highest BCUT2D eigenvalue weighted by Crippen LogP contribution is 2.18. The molecule has 3 atom stereocenters. The van der Waals surface area contributed by atoms with Gasteiger partial charge in [0.05, 0.1) is 6.26 Å². The molecule has 13 heavy (non-hydrogen) atoms. The lowest BCUT2D eigenvalue weighted by Gasteiger charge is -2.21. The zero-order valence-corrected chi connectivity index (χ0v) is 6.60. The van der Waals surface area contributed by atoms with Gasteiger partial charge in [-0.3, -0.25) is 0 Å². The van der Waals surface area contributed by atoms with Crippen molar-refractivity contribution in [2.24, 2.45) is 0 Å². The van der Waals surface area contributed by atoms with Gasteiger partial charge < -0.3 is 4.74 Å². The summed E-state index contributed by atoms with van der Waals surface area (Å²) in [6, 6.07) is 0. The van der Waals surface area contributed by atoms with Crippen molar-refractivity contribution in [3.63, 3.8) is 0 Å². The Balaban J connectivity index is 4.30. The number of hydrogen-bond donors (Lipinski definition) is 0. The van der Waals surface area contributed by atoms with Crippen molar-refractivity contribution >= 4 is 0 Å². The Morgan fingerprint density at radius 2 is 1.77 bits per heavy atom. The van der Waals surface area contributed by atoms with Crippen LogP contribution in [0, 0.1) is 0 Å². The Bertz CT molecular complexity index is 152. The Labute approximate surface area is 72.2 Å². The van der Waals surface area contributed by atoms with Gasteiger partial charge in [-0.15, -0.1) is 0 Å². The van der Waals surface area contributed by atoms with Crippen LogP contribution in [-0.4, -0.2) is 31.5 Å². The topological polar surface area (TPSA) is 9.23 Å². The van der Waals surface area contributed by atoms with Crippen LogP contribution < -0.4 is 0 Å². The molecule has 0 amide bonds. The highest BCUT2D eigenvalue weighted by atomic mass is 19.3. The molecule has 3 unspecified atom stereocenters. The Morgan fingerprint density at radius 3 is 2.08 bits per heavy atom. The van der Waals surface area contributed by atoms with Crippen molar-refractivity contribution < 1.29 is 26.7 Å². The maximum Gasteiger partial charge on any atom is 0.273 e. The molecular weight excluding hydrogens is 195 g/mol. The predicted octanol–water partition coefficient (Wildman–Crippen LogP) is 2.43. The summed E-state index contributed by atoms with van der Waals surface area (Å²) >= 11 is 0. The highest BCUT2D eigenvalue weighted by Gasteiger charge is 2.37. The molecule has 0 bridgehead atoms. The van der Waals surface area contributed by atoms with Crippen molar-refractivity contribution in [3.05, 3.63) is 12.8 Å². The van der Waals surface area contributed by atoms with E-state index < -0.39 is 31.5 Å². The van der Waals surface area contributed by atoms with Crippen LogP contribution in [0.1, 0.15) is 0 Å². The average Bonchev–Trinajstić information content (AvgIpc) is 2.11. The maximum absolute atomic E-state index is 12.5. The Kier molecular flexibility index (Phi) is 5.41. The lowest BCUT2D eigenvalue weighted by molar-refractivity contribution is -0.0695. The SMILES string of the molecule is C=COC(C(F)CF)C(F)C(F)F. The van der Waals surface area contributed by atoms with E-state index in [2.05, 4.69) is 11.3 Å². The first-order chi connectivity index (χ1) is 6.04. The summed E-state index contributed by atoms with van der Waals surface area (Å²) in [5.41, 5.74) is 0. The van der Waals surface area contributed by atoms with Crippen LogP contribution in [0.4, 0.5) is 22.0 Å². The molecule has 1 nitrogen and oxygen atoms in total. The second kappa shape index (κ2) is 5.77. The molecule has 0 aliphatic rings. The first-order valence-corrected chi connectivity index (χ1v) is 3.43. The zero-order chi connectivity index (χ0) is 10.4. The smallest absolute Gasteiger partial charge is 0.273 e.